The van der Waals surface area contributed by atoms with Crippen LogP contribution >= 0.6 is 24.8 Å². The van der Waals surface area contributed by atoms with Crippen LogP contribution in [0.25, 0.3) is 21.9 Å². The Morgan fingerprint density at radius 3 is 2.52 bits per heavy atom. The van der Waals surface area contributed by atoms with Crippen LogP contribution in [0.2, 0.25) is 0 Å². The Morgan fingerprint density at radius 2 is 1.77 bits per heavy atom. The van der Waals surface area contributed by atoms with E-state index in [1.165, 1.54) is 0 Å². The van der Waals surface area contributed by atoms with Crippen molar-refractivity contribution in [2.75, 3.05) is 39.8 Å². The number of fused-ring (bicyclic) bond motifs is 2. The second kappa shape index (κ2) is 15.2. The van der Waals surface area contributed by atoms with Gasteiger partial charge >= 0.3 is 6.09 Å². The first kappa shape index (κ1) is 33.7. The number of methoxy groups -OCH3 is 1. The summed E-state index contributed by atoms with van der Waals surface area (Å²) in [7, 11) is 1.62. The molecule has 10 nitrogen and oxygen atoms in total. The van der Waals surface area contributed by atoms with E-state index in [1.807, 2.05) is 36.4 Å². The lowest BCUT2D eigenvalue weighted by Gasteiger charge is -2.39. The maximum absolute atomic E-state index is 12.7. The van der Waals surface area contributed by atoms with Crippen molar-refractivity contribution < 1.29 is 28.5 Å². The Balaban J connectivity index is 0.00000221. The Labute approximate surface area is 269 Å². The molecule has 0 spiro atoms. The number of aromatic amines is 1. The van der Waals surface area contributed by atoms with Gasteiger partial charge < -0.3 is 38.9 Å². The van der Waals surface area contributed by atoms with Crippen LogP contribution in [-0.4, -0.2) is 84.0 Å². The molecule has 1 atom stereocenters. The fraction of sp³-hybridized carbons (Fsp3) is 0.469. The van der Waals surface area contributed by atoms with Gasteiger partial charge in [0.15, 0.2) is 11.3 Å². The number of aliphatic hydroxyl groups excluding tert-OH is 1. The van der Waals surface area contributed by atoms with Gasteiger partial charge in [0.25, 0.3) is 0 Å². The fourth-order valence-corrected chi connectivity index (χ4v) is 6.17. The lowest BCUT2D eigenvalue weighted by molar-refractivity contribution is 0.0501. The topological polar surface area (TPSA) is 112 Å². The number of hydrogen-bond donors (Lipinski definition) is 3. The molecule has 2 aromatic heterocycles. The summed E-state index contributed by atoms with van der Waals surface area (Å²) in [6.07, 6.45) is 4.59. The molecule has 240 valence electrons. The summed E-state index contributed by atoms with van der Waals surface area (Å²) in [4.78, 5) is 20.9. The largest absolute Gasteiger partial charge is 0.493 e. The second-order valence-corrected chi connectivity index (χ2v) is 11.5. The van der Waals surface area contributed by atoms with Gasteiger partial charge in [-0.3, -0.25) is 4.90 Å². The predicted molar refractivity (Wildman–Crippen MR) is 175 cm³/mol. The monoisotopic (exact) mass is 648 g/mol. The van der Waals surface area contributed by atoms with Crippen LogP contribution in [0.1, 0.15) is 38.2 Å². The molecule has 2 fully saturated rings. The molecule has 12 heteroatoms. The summed E-state index contributed by atoms with van der Waals surface area (Å²) in [6.45, 7) is 7.41. The highest BCUT2D eigenvalue weighted by molar-refractivity contribution is 5.89. The Hall–Kier alpha value is -3.15. The number of nitrogens with zero attached hydrogens (tertiary/aromatic N) is 2. The molecule has 44 heavy (non-hydrogen) atoms. The van der Waals surface area contributed by atoms with Crippen LogP contribution in [0.3, 0.4) is 0 Å². The summed E-state index contributed by atoms with van der Waals surface area (Å²) in [5.74, 6) is 1.73. The minimum Gasteiger partial charge on any atom is -0.493 e. The molecule has 0 radical (unpaired) electrons. The van der Waals surface area contributed by atoms with E-state index >= 15 is 0 Å². The number of halogens is 2. The molecule has 2 aliphatic heterocycles. The predicted octanol–water partition coefficient (Wildman–Crippen LogP) is 5.74. The van der Waals surface area contributed by atoms with Crippen LogP contribution in [0.5, 0.6) is 17.4 Å². The first-order valence-corrected chi connectivity index (χ1v) is 14.9. The minimum absolute atomic E-state index is 0. The van der Waals surface area contributed by atoms with E-state index < -0.39 is 6.09 Å². The standard InChI is InChI=1S/C32H40N4O6.2ClH/c1-21(36-15-11-24(37)12-16-36)18-35-13-9-23(10-14-35)33-32(38)42-30-17-26-27(34-30)6-4-7-28(26)40-19-22-20-41-31-25(22)5-3-8-29(31)39-2;;/h3-8,17,20-21,23-24,34,37H,9-16,18-19H2,1-2H3,(H,33,38);2*1H/t21-;;/m0../s1. The van der Waals surface area contributed by atoms with Gasteiger partial charge in [0.05, 0.1) is 25.0 Å². The molecule has 0 bridgehead atoms. The molecule has 2 aliphatic rings. The van der Waals surface area contributed by atoms with Crippen molar-refractivity contribution in [3.8, 4) is 17.4 Å². The number of para-hydroxylation sites is 1. The third-order valence-electron chi connectivity index (χ3n) is 8.60. The van der Waals surface area contributed by atoms with Gasteiger partial charge in [-0.1, -0.05) is 18.2 Å². The third kappa shape index (κ3) is 7.73. The zero-order chi connectivity index (χ0) is 29.1. The number of hydrogen-bond acceptors (Lipinski definition) is 8. The van der Waals surface area contributed by atoms with Crippen molar-refractivity contribution in [2.24, 2.45) is 0 Å². The molecule has 0 aliphatic carbocycles. The average Bonchev–Trinajstić information content (AvgIpc) is 3.61. The number of benzene rings is 2. The number of aliphatic hydroxyl groups is 1. The van der Waals surface area contributed by atoms with Gasteiger partial charge in [-0.15, -0.1) is 24.8 Å². The molecule has 3 N–H and O–H groups in total. The molecule has 2 aromatic carbocycles. The van der Waals surface area contributed by atoms with Gasteiger partial charge in [0.2, 0.25) is 5.88 Å². The molecule has 4 aromatic rings. The third-order valence-corrected chi connectivity index (χ3v) is 8.60. The lowest BCUT2D eigenvalue weighted by Crippen LogP contribution is -2.50. The van der Waals surface area contributed by atoms with Crippen LogP contribution in [0.4, 0.5) is 4.79 Å². The number of furan rings is 1. The van der Waals surface area contributed by atoms with E-state index in [4.69, 9.17) is 18.6 Å². The number of H-pyrrole nitrogens is 1. The van der Waals surface area contributed by atoms with E-state index in [1.54, 1.807) is 19.4 Å². The van der Waals surface area contributed by atoms with E-state index in [0.29, 0.717) is 35.6 Å². The van der Waals surface area contributed by atoms with Crippen LogP contribution in [-0.2, 0) is 6.61 Å². The normalized spacial score (nSPS) is 17.5. The van der Waals surface area contributed by atoms with Crippen molar-refractivity contribution in [3.63, 3.8) is 0 Å². The highest BCUT2D eigenvalue weighted by Gasteiger charge is 2.26. The van der Waals surface area contributed by atoms with Crippen molar-refractivity contribution in [2.45, 2.75) is 57.4 Å². The van der Waals surface area contributed by atoms with Crippen molar-refractivity contribution >= 4 is 52.8 Å². The van der Waals surface area contributed by atoms with Crippen LogP contribution in [0, 0.1) is 0 Å². The maximum atomic E-state index is 12.7. The highest BCUT2D eigenvalue weighted by Crippen LogP contribution is 2.33. The Morgan fingerprint density at radius 1 is 1.05 bits per heavy atom. The minimum atomic E-state index is -0.457. The first-order valence-electron chi connectivity index (χ1n) is 14.9. The highest BCUT2D eigenvalue weighted by atomic mass is 35.5. The van der Waals surface area contributed by atoms with Crippen LogP contribution in [0.15, 0.2) is 53.1 Å². The molecule has 4 heterocycles. The quantitative estimate of drug-likeness (QED) is 0.211. The second-order valence-electron chi connectivity index (χ2n) is 11.5. The zero-order valence-electron chi connectivity index (χ0n) is 25.1. The molecule has 2 saturated heterocycles. The summed E-state index contributed by atoms with van der Waals surface area (Å²) in [6, 6.07) is 13.8. The van der Waals surface area contributed by atoms with Gasteiger partial charge in [-0.25, -0.2) is 4.79 Å². The van der Waals surface area contributed by atoms with Crippen molar-refractivity contribution in [1.82, 2.24) is 20.1 Å². The zero-order valence-corrected chi connectivity index (χ0v) is 26.8. The molecule has 0 unspecified atom stereocenters. The summed E-state index contributed by atoms with van der Waals surface area (Å²) in [5, 5.41) is 14.6. The first-order chi connectivity index (χ1) is 20.5. The van der Waals surface area contributed by atoms with Gasteiger partial charge in [-0.05, 0) is 50.8 Å². The Bertz CT molecular complexity index is 1510. The van der Waals surface area contributed by atoms with Crippen molar-refractivity contribution in [3.05, 3.63) is 54.3 Å². The SMILES string of the molecule is COc1cccc2c(COc3cccc4[nH]c(OC(=O)NC5CCN(C[C@H](C)N6CCC(O)CC6)CC5)cc34)coc12.Cl.Cl. The number of piperidine rings is 2. The van der Waals surface area contributed by atoms with Crippen molar-refractivity contribution in [1.29, 1.82) is 0 Å². The maximum Gasteiger partial charge on any atom is 0.414 e. The number of likely N-dealkylation sites (tertiary alicyclic amines) is 2. The van der Waals surface area contributed by atoms with E-state index in [0.717, 1.165) is 80.3 Å². The smallest absolute Gasteiger partial charge is 0.414 e. The van der Waals surface area contributed by atoms with E-state index in [9.17, 15) is 9.90 Å². The number of amides is 1. The molecular weight excluding hydrogens is 607 g/mol. The lowest BCUT2D eigenvalue weighted by atomic mass is 10.0. The molecule has 6 rings (SSSR count). The number of nitrogens with one attached hydrogen (secondary N) is 2. The molecule has 0 saturated carbocycles. The Kier molecular flexibility index (Phi) is 11.7. The molecular formula is C32H42Cl2N4O6. The fourth-order valence-electron chi connectivity index (χ4n) is 6.17. The van der Waals surface area contributed by atoms with Gasteiger partial charge in [0, 0.05) is 67.2 Å². The number of rotatable bonds is 9. The summed E-state index contributed by atoms with van der Waals surface area (Å²) < 4.78 is 22.9. The number of carbonyl (C=O) groups excluding carboxylic acids is 1. The molecule has 1 amide bonds. The number of aromatic nitrogens is 1. The van der Waals surface area contributed by atoms with Gasteiger partial charge in [-0.2, -0.15) is 0 Å². The average molecular weight is 650 g/mol. The number of ether oxygens (including phenoxy) is 3. The van der Waals surface area contributed by atoms with Crippen LogP contribution < -0.4 is 19.5 Å². The summed E-state index contributed by atoms with van der Waals surface area (Å²) in [5.41, 5.74) is 2.43. The van der Waals surface area contributed by atoms with Gasteiger partial charge in [0.1, 0.15) is 12.4 Å². The van der Waals surface area contributed by atoms with E-state index in [-0.39, 0.29) is 37.0 Å². The van der Waals surface area contributed by atoms with E-state index in [2.05, 4.69) is 27.0 Å². The number of carbonyl (C=O) groups is 1. The summed E-state index contributed by atoms with van der Waals surface area (Å²) >= 11 is 0.